The Bertz CT molecular complexity index is 274. The highest BCUT2D eigenvalue weighted by molar-refractivity contribution is 14.1. The summed E-state index contributed by atoms with van der Waals surface area (Å²) in [5.41, 5.74) is 0. The maximum Gasteiger partial charge on any atom is 0.279 e. The molecule has 6 heteroatoms. The van der Waals surface area contributed by atoms with E-state index in [1.165, 1.54) is 0 Å². The van der Waals surface area contributed by atoms with Crippen molar-refractivity contribution < 1.29 is 8.42 Å². The van der Waals surface area contributed by atoms with Gasteiger partial charge < -0.3 is 0 Å². The molecule has 1 rings (SSSR count). The third-order valence-corrected chi connectivity index (χ3v) is 5.05. The minimum Gasteiger partial charge on any atom is -0.202 e. The quantitative estimate of drug-likeness (QED) is 0.465. The van der Waals surface area contributed by atoms with Crippen LogP contribution in [-0.2, 0) is 10.2 Å². The summed E-state index contributed by atoms with van der Waals surface area (Å²) in [6.07, 6.45) is 2.85. The zero-order valence-corrected chi connectivity index (χ0v) is 12.1. The molecule has 1 fully saturated rings. The van der Waals surface area contributed by atoms with Gasteiger partial charge in [-0.15, -0.1) is 0 Å². The average molecular weight is 346 g/mol. The van der Waals surface area contributed by atoms with Crippen molar-refractivity contribution in [3.05, 3.63) is 0 Å². The SMILES string of the molecule is CC1CCN(S(=O)(=O)NCCCI)CC1. The van der Waals surface area contributed by atoms with E-state index in [-0.39, 0.29) is 0 Å². The van der Waals surface area contributed by atoms with Crippen LogP contribution in [0.25, 0.3) is 0 Å². The molecule has 0 atom stereocenters. The topological polar surface area (TPSA) is 49.4 Å². The second-order valence-corrected chi connectivity index (χ2v) is 6.86. The van der Waals surface area contributed by atoms with Gasteiger partial charge in [0.15, 0.2) is 0 Å². The lowest BCUT2D eigenvalue weighted by atomic mass is 10.0. The highest BCUT2D eigenvalue weighted by Crippen LogP contribution is 2.17. The van der Waals surface area contributed by atoms with E-state index in [1.54, 1.807) is 4.31 Å². The van der Waals surface area contributed by atoms with Gasteiger partial charge >= 0.3 is 0 Å². The number of piperidine rings is 1. The Kier molecular flexibility index (Phi) is 5.80. The predicted molar refractivity (Wildman–Crippen MR) is 70.4 cm³/mol. The summed E-state index contributed by atoms with van der Waals surface area (Å²) in [4.78, 5) is 0. The van der Waals surface area contributed by atoms with Gasteiger partial charge in [-0.1, -0.05) is 29.5 Å². The number of hydrogen-bond acceptors (Lipinski definition) is 2. The van der Waals surface area contributed by atoms with Gasteiger partial charge in [0, 0.05) is 24.1 Å². The Balaban J connectivity index is 2.40. The molecule has 1 aliphatic heterocycles. The first-order valence-corrected chi connectivity index (χ1v) is 8.33. The smallest absolute Gasteiger partial charge is 0.202 e. The van der Waals surface area contributed by atoms with Gasteiger partial charge in [0.25, 0.3) is 10.2 Å². The van der Waals surface area contributed by atoms with Crippen molar-refractivity contribution in [3.63, 3.8) is 0 Å². The Labute approximate surface area is 106 Å². The molecule has 90 valence electrons. The average Bonchev–Trinajstić information content (AvgIpc) is 2.18. The molecule has 15 heavy (non-hydrogen) atoms. The van der Waals surface area contributed by atoms with Crippen LogP contribution in [0.3, 0.4) is 0 Å². The van der Waals surface area contributed by atoms with Crippen molar-refractivity contribution in [2.75, 3.05) is 24.1 Å². The van der Waals surface area contributed by atoms with Crippen molar-refractivity contribution in [2.45, 2.75) is 26.2 Å². The second-order valence-electron chi connectivity index (χ2n) is 4.02. The first-order chi connectivity index (χ1) is 7.06. The minimum absolute atomic E-state index is 0.553. The van der Waals surface area contributed by atoms with Gasteiger partial charge in [-0.05, 0) is 25.2 Å². The summed E-state index contributed by atoms with van der Waals surface area (Å²) in [5.74, 6) is 0.658. The monoisotopic (exact) mass is 346 g/mol. The van der Waals surface area contributed by atoms with E-state index in [9.17, 15) is 8.42 Å². The van der Waals surface area contributed by atoms with Crippen LogP contribution in [0.1, 0.15) is 26.2 Å². The fraction of sp³-hybridized carbons (Fsp3) is 1.00. The van der Waals surface area contributed by atoms with Crippen LogP contribution >= 0.6 is 22.6 Å². The third kappa shape index (κ3) is 4.54. The van der Waals surface area contributed by atoms with Crippen molar-refractivity contribution in [1.29, 1.82) is 0 Å². The van der Waals surface area contributed by atoms with Crippen LogP contribution in [0.4, 0.5) is 0 Å². The maximum absolute atomic E-state index is 11.8. The molecule has 0 saturated carbocycles. The number of alkyl halides is 1. The number of hydrogen-bond donors (Lipinski definition) is 1. The van der Waals surface area contributed by atoms with Gasteiger partial charge in [0.05, 0.1) is 0 Å². The first-order valence-electron chi connectivity index (χ1n) is 5.37. The highest BCUT2D eigenvalue weighted by Gasteiger charge is 2.25. The molecule has 0 aliphatic carbocycles. The fourth-order valence-corrected chi connectivity index (χ4v) is 3.24. The van der Waals surface area contributed by atoms with Gasteiger partial charge in [-0.25, -0.2) is 4.72 Å². The summed E-state index contributed by atoms with van der Waals surface area (Å²) in [5, 5.41) is 0. The first kappa shape index (κ1) is 13.7. The van der Waals surface area contributed by atoms with Crippen molar-refractivity contribution in [1.82, 2.24) is 9.03 Å². The van der Waals surface area contributed by atoms with Crippen LogP contribution in [0, 0.1) is 5.92 Å². The van der Waals surface area contributed by atoms with Crippen molar-refractivity contribution in [3.8, 4) is 0 Å². The van der Waals surface area contributed by atoms with Gasteiger partial charge in [0.1, 0.15) is 0 Å². The minimum atomic E-state index is -3.20. The molecule has 1 N–H and O–H groups in total. The standard InChI is InChI=1S/C9H19IN2O2S/c1-9-3-7-12(8-4-9)15(13,14)11-6-2-5-10/h9,11H,2-8H2,1H3. The van der Waals surface area contributed by atoms with E-state index in [0.29, 0.717) is 25.6 Å². The Morgan fingerprint density at radius 2 is 2.00 bits per heavy atom. The third-order valence-electron chi connectivity index (χ3n) is 2.68. The van der Waals surface area contributed by atoms with Crippen LogP contribution in [0.15, 0.2) is 0 Å². The van der Waals surface area contributed by atoms with E-state index in [2.05, 4.69) is 34.2 Å². The molecule has 0 amide bonds. The molecule has 4 nitrogen and oxygen atoms in total. The Morgan fingerprint density at radius 1 is 1.40 bits per heavy atom. The number of nitrogens with zero attached hydrogens (tertiary/aromatic N) is 1. The second kappa shape index (κ2) is 6.36. The molecule has 0 spiro atoms. The predicted octanol–water partition coefficient (Wildman–Crippen LogP) is 1.38. The number of rotatable bonds is 5. The summed E-state index contributed by atoms with van der Waals surface area (Å²) in [6.45, 7) is 4.06. The van der Waals surface area contributed by atoms with Crippen LogP contribution in [0.5, 0.6) is 0 Å². The molecule has 0 radical (unpaired) electrons. The number of halogens is 1. The van der Waals surface area contributed by atoms with Crippen LogP contribution in [-0.4, -0.2) is 36.8 Å². The van der Waals surface area contributed by atoms with Crippen LogP contribution < -0.4 is 4.72 Å². The molecule has 0 aromatic rings. The maximum atomic E-state index is 11.8. The summed E-state index contributed by atoms with van der Waals surface area (Å²) >= 11 is 2.25. The summed E-state index contributed by atoms with van der Waals surface area (Å²) in [7, 11) is -3.20. The Morgan fingerprint density at radius 3 is 2.53 bits per heavy atom. The summed E-state index contributed by atoms with van der Waals surface area (Å²) < 4.78 is 28.7. The fourth-order valence-electron chi connectivity index (χ4n) is 1.58. The molecule has 0 unspecified atom stereocenters. The van der Waals surface area contributed by atoms with Crippen molar-refractivity contribution in [2.24, 2.45) is 5.92 Å². The van der Waals surface area contributed by atoms with E-state index >= 15 is 0 Å². The lowest BCUT2D eigenvalue weighted by molar-refractivity contribution is 0.285. The van der Waals surface area contributed by atoms with Gasteiger partial charge in [-0.3, -0.25) is 0 Å². The molecule has 1 aliphatic rings. The zero-order chi connectivity index (χ0) is 11.3. The molecule has 0 bridgehead atoms. The lowest BCUT2D eigenvalue weighted by Gasteiger charge is -2.29. The van der Waals surface area contributed by atoms with E-state index in [1.807, 2.05) is 0 Å². The normalized spacial score (nSPS) is 20.7. The van der Waals surface area contributed by atoms with Crippen molar-refractivity contribution >= 4 is 32.8 Å². The zero-order valence-electron chi connectivity index (χ0n) is 9.08. The van der Waals surface area contributed by atoms with E-state index in [0.717, 1.165) is 23.7 Å². The molecular weight excluding hydrogens is 327 g/mol. The summed E-state index contributed by atoms with van der Waals surface area (Å²) in [6, 6.07) is 0. The van der Waals surface area contributed by atoms with E-state index in [4.69, 9.17) is 0 Å². The van der Waals surface area contributed by atoms with E-state index < -0.39 is 10.2 Å². The molecule has 0 aromatic carbocycles. The molecule has 0 aromatic heterocycles. The highest BCUT2D eigenvalue weighted by atomic mass is 127. The van der Waals surface area contributed by atoms with Crippen LogP contribution in [0.2, 0.25) is 0 Å². The largest absolute Gasteiger partial charge is 0.279 e. The Hall–Kier alpha value is 0.600. The van der Waals surface area contributed by atoms with Gasteiger partial charge in [-0.2, -0.15) is 12.7 Å². The van der Waals surface area contributed by atoms with Gasteiger partial charge in [0.2, 0.25) is 0 Å². The number of nitrogens with one attached hydrogen (secondary N) is 1. The lowest BCUT2D eigenvalue weighted by Crippen LogP contribution is -2.44. The molecular formula is C9H19IN2O2S. The molecule has 1 saturated heterocycles. The molecule has 1 heterocycles.